The van der Waals surface area contributed by atoms with Gasteiger partial charge in [0.15, 0.2) is 0 Å². The van der Waals surface area contributed by atoms with E-state index in [1.807, 2.05) is 11.0 Å². The average Bonchev–Trinajstić information content (AvgIpc) is 2.20. The molecule has 0 radical (unpaired) electrons. The van der Waals surface area contributed by atoms with Crippen molar-refractivity contribution in [2.75, 3.05) is 11.4 Å². The van der Waals surface area contributed by atoms with Gasteiger partial charge in [0.1, 0.15) is 18.4 Å². The summed E-state index contributed by atoms with van der Waals surface area (Å²) in [6.45, 7) is 0.887. The molecular weight excluding hydrogens is 166 g/mol. The van der Waals surface area contributed by atoms with Crippen LogP contribution in [0.3, 0.4) is 0 Å². The van der Waals surface area contributed by atoms with Crippen molar-refractivity contribution in [1.29, 1.82) is 0 Å². The lowest BCUT2D eigenvalue weighted by Gasteiger charge is -2.32. The molecule has 0 bridgehead atoms. The molecule has 1 fully saturated rings. The van der Waals surface area contributed by atoms with Gasteiger partial charge in [0.25, 0.3) is 0 Å². The van der Waals surface area contributed by atoms with Gasteiger partial charge in [-0.25, -0.2) is 9.97 Å². The fourth-order valence-electron chi connectivity index (χ4n) is 1.63. The topological polar surface area (TPSA) is 49.2 Å². The molecule has 4 nitrogen and oxygen atoms in total. The van der Waals surface area contributed by atoms with Crippen LogP contribution in [0, 0.1) is 0 Å². The van der Waals surface area contributed by atoms with Crippen molar-refractivity contribution < 1.29 is 5.11 Å². The van der Waals surface area contributed by atoms with Crippen LogP contribution in [0.2, 0.25) is 0 Å². The van der Waals surface area contributed by atoms with Crippen LogP contribution in [0.4, 0.5) is 5.82 Å². The molecule has 13 heavy (non-hydrogen) atoms. The van der Waals surface area contributed by atoms with E-state index in [-0.39, 0.29) is 6.23 Å². The van der Waals surface area contributed by atoms with Crippen LogP contribution in [0.1, 0.15) is 19.3 Å². The van der Waals surface area contributed by atoms with Gasteiger partial charge in [-0.3, -0.25) is 0 Å². The first-order valence-electron chi connectivity index (χ1n) is 4.58. The lowest BCUT2D eigenvalue weighted by atomic mass is 10.1. The number of nitrogens with zero attached hydrogens (tertiary/aromatic N) is 3. The molecule has 2 heterocycles. The maximum atomic E-state index is 9.69. The largest absolute Gasteiger partial charge is 0.374 e. The van der Waals surface area contributed by atoms with Crippen molar-refractivity contribution in [3.05, 3.63) is 18.6 Å². The van der Waals surface area contributed by atoms with Crippen molar-refractivity contribution in [3.8, 4) is 0 Å². The van der Waals surface area contributed by atoms with Crippen LogP contribution in [-0.4, -0.2) is 27.8 Å². The zero-order valence-corrected chi connectivity index (χ0v) is 7.43. The Morgan fingerprint density at radius 1 is 1.46 bits per heavy atom. The number of hydrogen-bond donors (Lipinski definition) is 1. The monoisotopic (exact) mass is 179 g/mol. The fraction of sp³-hybridized carbons (Fsp3) is 0.556. The van der Waals surface area contributed by atoms with Crippen molar-refractivity contribution in [2.45, 2.75) is 25.5 Å². The number of aliphatic hydroxyl groups excluding tert-OH is 1. The Bertz CT molecular complexity index is 265. The second-order valence-electron chi connectivity index (χ2n) is 3.24. The van der Waals surface area contributed by atoms with E-state index >= 15 is 0 Å². The third-order valence-corrected chi connectivity index (χ3v) is 2.33. The number of anilines is 1. The van der Waals surface area contributed by atoms with Crippen molar-refractivity contribution in [2.24, 2.45) is 0 Å². The minimum absolute atomic E-state index is 0.372. The highest BCUT2D eigenvalue weighted by Gasteiger charge is 2.20. The summed E-state index contributed by atoms with van der Waals surface area (Å²) in [5.74, 6) is 0.821. The number of piperidine rings is 1. The third kappa shape index (κ3) is 1.78. The van der Waals surface area contributed by atoms with Gasteiger partial charge in [-0.1, -0.05) is 0 Å². The molecule has 1 saturated heterocycles. The molecule has 70 valence electrons. The van der Waals surface area contributed by atoms with Gasteiger partial charge in [-0.05, 0) is 25.3 Å². The summed E-state index contributed by atoms with van der Waals surface area (Å²) in [5, 5.41) is 9.69. The average molecular weight is 179 g/mol. The Labute approximate surface area is 77.2 Å². The molecule has 0 spiro atoms. The number of aromatic nitrogens is 2. The SMILES string of the molecule is OC1CCCCN1c1ccncn1. The zero-order valence-electron chi connectivity index (χ0n) is 7.43. The first kappa shape index (κ1) is 8.44. The molecule has 1 aliphatic heterocycles. The van der Waals surface area contributed by atoms with Crippen LogP contribution in [0.15, 0.2) is 18.6 Å². The summed E-state index contributed by atoms with van der Waals surface area (Å²) >= 11 is 0. The maximum Gasteiger partial charge on any atom is 0.133 e. The Kier molecular flexibility index (Phi) is 2.40. The third-order valence-electron chi connectivity index (χ3n) is 2.33. The Hall–Kier alpha value is -1.16. The molecule has 1 aromatic heterocycles. The first-order valence-corrected chi connectivity index (χ1v) is 4.58. The van der Waals surface area contributed by atoms with Crippen LogP contribution in [-0.2, 0) is 0 Å². The molecule has 1 aromatic rings. The maximum absolute atomic E-state index is 9.69. The molecule has 0 amide bonds. The van der Waals surface area contributed by atoms with E-state index in [9.17, 15) is 5.11 Å². The van der Waals surface area contributed by atoms with Gasteiger partial charge in [-0.15, -0.1) is 0 Å². The Balaban J connectivity index is 2.15. The molecule has 1 atom stereocenters. The highest BCUT2D eigenvalue weighted by Crippen LogP contribution is 2.20. The van der Waals surface area contributed by atoms with E-state index < -0.39 is 0 Å². The molecule has 0 aliphatic carbocycles. The van der Waals surface area contributed by atoms with Gasteiger partial charge < -0.3 is 10.0 Å². The molecule has 1 unspecified atom stereocenters. The fourth-order valence-corrected chi connectivity index (χ4v) is 1.63. The summed E-state index contributed by atoms with van der Waals surface area (Å²) in [6, 6.07) is 1.83. The van der Waals surface area contributed by atoms with Crippen LogP contribution < -0.4 is 4.90 Å². The first-order chi connectivity index (χ1) is 6.38. The molecule has 1 aliphatic rings. The molecule has 2 rings (SSSR count). The standard InChI is InChI=1S/C9H13N3O/c13-9-3-1-2-6-12(9)8-4-5-10-7-11-8/h4-5,7,9,13H,1-3,6H2. The van der Waals surface area contributed by atoms with Crippen molar-refractivity contribution >= 4 is 5.82 Å². The van der Waals surface area contributed by atoms with E-state index in [0.29, 0.717) is 0 Å². The van der Waals surface area contributed by atoms with E-state index in [0.717, 1.165) is 31.6 Å². The normalized spacial score (nSPS) is 23.2. The van der Waals surface area contributed by atoms with E-state index in [4.69, 9.17) is 0 Å². The van der Waals surface area contributed by atoms with Crippen molar-refractivity contribution in [1.82, 2.24) is 9.97 Å². The van der Waals surface area contributed by atoms with E-state index in [1.165, 1.54) is 6.33 Å². The summed E-state index contributed by atoms with van der Waals surface area (Å²) in [7, 11) is 0. The molecule has 1 N–H and O–H groups in total. The number of rotatable bonds is 1. The highest BCUT2D eigenvalue weighted by atomic mass is 16.3. The predicted octanol–water partition coefficient (Wildman–Crippen LogP) is 0.785. The molecular formula is C9H13N3O. The molecule has 0 saturated carbocycles. The minimum Gasteiger partial charge on any atom is -0.374 e. The summed E-state index contributed by atoms with van der Waals surface area (Å²) < 4.78 is 0. The van der Waals surface area contributed by atoms with Gasteiger partial charge >= 0.3 is 0 Å². The minimum atomic E-state index is -0.372. The molecule has 4 heteroatoms. The number of aliphatic hydroxyl groups is 1. The second-order valence-corrected chi connectivity index (χ2v) is 3.24. The predicted molar refractivity (Wildman–Crippen MR) is 49.2 cm³/mol. The van der Waals surface area contributed by atoms with E-state index in [2.05, 4.69) is 9.97 Å². The van der Waals surface area contributed by atoms with Crippen LogP contribution in [0.5, 0.6) is 0 Å². The quantitative estimate of drug-likeness (QED) is 0.692. The van der Waals surface area contributed by atoms with Gasteiger partial charge in [0, 0.05) is 12.7 Å². The Morgan fingerprint density at radius 3 is 3.08 bits per heavy atom. The van der Waals surface area contributed by atoms with Gasteiger partial charge in [-0.2, -0.15) is 0 Å². The molecule has 0 aromatic carbocycles. The van der Waals surface area contributed by atoms with Gasteiger partial charge in [0.2, 0.25) is 0 Å². The zero-order chi connectivity index (χ0) is 9.10. The van der Waals surface area contributed by atoms with Crippen molar-refractivity contribution in [3.63, 3.8) is 0 Å². The van der Waals surface area contributed by atoms with Crippen LogP contribution in [0.25, 0.3) is 0 Å². The lowest BCUT2D eigenvalue weighted by molar-refractivity contribution is 0.139. The smallest absolute Gasteiger partial charge is 0.133 e. The second kappa shape index (κ2) is 3.70. The van der Waals surface area contributed by atoms with Gasteiger partial charge in [0.05, 0.1) is 0 Å². The van der Waals surface area contributed by atoms with Crippen LogP contribution >= 0.6 is 0 Å². The highest BCUT2D eigenvalue weighted by molar-refractivity contribution is 5.37. The number of hydrogen-bond acceptors (Lipinski definition) is 4. The van der Waals surface area contributed by atoms with E-state index in [1.54, 1.807) is 6.20 Å². The summed E-state index contributed by atoms with van der Waals surface area (Å²) in [4.78, 5) is 9.88. The Morgan fingerprint density at radius 2 is 2.38 bits per heavy atom. The lowest BCUT2D eigenvalue weighted by Crippen LogP contribution is -2.39. The summed E-state index contributed by atoms with van der Waals surface area (Å²) in [5.41, 5.74) is 0. The summed E-state index contributed by atoms with van der Waals surface area (Å²) in [6.07, 6.45) is 5.90.